The third kappa shape index (κ3) is 1.51. The molecule has 0 aliphatic heterocycles. The second-order valence-electron chi connectivity index (χ2n) is 3.95. The van der Waals surface area contributed by atoms with E-state index in [1.54, 1.807) is 13.8 Å². The monoisotopic (exact) mass is 209 g/mol. The summed E-state index contributed by atoms with van der Waals surface area (Å²) in [4.78, 5) is 3.10. The number of hydrogen-bond acceptors (Lipinski definition) is 1. The van der Waals surface area contributed by atoms with E-state index in [-0.39, 0.29) is 0 Å². The molecule has 14 heavy (non-hydrogen) atoms. The van der Waals surface area contributed by atoms with Crippen LogP contribution in [0.4, 0.5) is 0 Å². The van der Waals surface area contributed by atoms with Gasteiger partial charge in [0.15, 0.2) is 0 Å². The molecule has 2 N–H and O–H groups in total. The second-order valence-corrected chi connectivity index (χ2v) is 4.39. The number of benzene rings is 1. The molecule has 1 heterocycles. The summed E-state index contributed by atoms with van der Waals surface area (Å²) in [6.45, 7) is 3.52. The van der Waals surface area contributed by atoms with Gasteiger partial charge in [-0.05, 0) is 32.0 Å². The molecule has 1 aromatic carbocycles. The molecule has 0 bridgehead atoms. The number of H-pyrrole nitrogens is 1. The fourth-order valence-electron chi connectivity index (χ4n) is 1.60. The van der Waals surface area contributed by atoms with Crippen LogP contribution in [0.15, 0.2) is 24.4 Å². The van der Waals surface area contributed by atoms with Crippen LogP contribution in [-0.4, -0.2) is 10.1 Å². The van der Waals surface area contributed by atoms with Gasteiger partial charge in [-0.15, -0.1) is 0 Å². The Kier molecular flexibility index (Phi) is 2.05. The molecule has 74 valence electrons. The highest BCUT2D eigenvalue weighted by Crippen LogP contribution is 2.29. The molecule has 0 aliphatic rings. The minimum absolute atomic E-state index is 0.683. The summed E-state index contributed by atoms with van der Waals surface area (Å²) in [5, 5.41) is 11.6. The van der Waals surface area contributed by atoms with Crippen molar-refractivity contribution in [3.05, 3.63) is 35.0 Å². The average molecular weight is 210 g/mol. The number of hydrogen-bond donors (Lipinski definition) is 2. The molecule has 3 heteroatoms. The van der Waals surface area contributed by atoms with Gasteiger partial charge in [0.25, 0.3) is 0 Å². The van der Waals surface area contributed by atoms with Crippen molar-refractivity contribution < 1.29 is 5.11 Å². The summed E-state index contributed by atoms with van der Waals surface area (Å²) in [6.07, 6.45) is 1.82. The van der Waals surface area contributed by atoms with Crippen molar-refractivity contribution in [2.45, 2.75) is 19.4 Å². The van der Waals surface area contributed by atoms with Gasteiger partial charge in [0.05, 0.1) is 5.60 Å². The van der Waals surface area contributed by atoms with Gasteiger partial charge in [0.1, 0.15) is 0 Å². The van der Waals surface area contributed by atoms with E-state index in [0.717, 1.165) is 16.5 Å². The molecule has 0 unspecified atom stereocenters. The second kappa shape index (κ2) is 3.01. The first-order valence-electron chi connectivity index (χ1n) is 4.48. The van der Waals surface area contributed by atoms with Gasteiger partial charge in [-0.1, -0.05) is 11.6 Å². The number of aliphatic hydroxyl groups is 1. The molecular formula is C11H12ClNO. The van der Waals surface area contributed by atoms with Crippen molar-refractivity contribution in [2.75, 3.05) is 0 Å². The van der Waals surface area contributed by atoms with Crippen molar-refractivity contribution in [1.29, 1.82) is 0 Å². The third-order valence-electron chi connectivity index (χ3n) is 2.30. The third-order valence-corrected chi connectivity index (χ3v) is 2.54. The Balaban J connectivity index is 2.73. The summed E-state index contributed by atoms with van der Waals surface area (Å²) in [7, 11) is 0. The van der Waals surface area contributed by atoms with Crippen molar-refractivity contribution in [3.63, 3.8) is 0 Å². The number of rotatable bonds is 1. The summed E-state index contributed by atoms with van der Waals surface area (Å²) < 4.78 is 0. The Morgan fingerprint density at radius 3 is 2.71 bits per heavy atom. The summed E-state index contributed by atoms with van der Waals surface area (Å²) in [5.74, 6) is 0. The highest BCUT2D eigenvalue weighted by molar-refractivity contribution is 6.31. The molecule has 0 saturated heterocycles. The summed E-state index contributed by atoms with van der Waals surface area (Å²) in [6, 6.07) is 5.60. The normalized spacial score (nSPS) is 12.3. The maximum Gasteiger partial charge on any atom is 0.0861 e. The first-order chi connectivity index (χ1) is 6.48. The Hall–Kier alpha value is -0.990. The van der Waals surface area contributed by atoms with Crippen molar-refractivity contribution in [3.8, 4) is 0 Å². The average Bonchev–Trinajstić information content (AvgIpc) is 2.45. The van der Waals surface area contributed by atoms with E-state index in [4.69, 9.17) is 11.6 Å². The highest BCUT2D eigenvalue weighted by Gasteiger charge is 2.19. The number of halogens is 1. The number of aromatic amines is 1. The Morgan fingerprint density at radius 1 is 1.36 bits per heavy atom. The lowest BCUT2D eigenvalue weighted by molar-refractivity contribution is 0.0802. The molecule has 0 saturated carbocycles. The van der Waals surface area contributed by atoms with Gasteiger partial charge in [0.2, 0.25) is 0 Å². The molecule has 0 fully saturated rings. The van der Waals surface area contributed by atoms with E-state index in [0.29, 0.717) is 5.02 Å². The van der Waals surface area contributed by atoms with E-state index < -0.39 is 5.60 Å². The summed E-state index contributed by atoms with van der Waals surface area (Å²) in [5.41, 5.74) is 1.02. The molecule has 0 atom stereocenters. The fraction of sp³-hybridized carbons (Fsp3) is 0.273. The van der Waals surface area contributed by atoms with E-state index in [1.807, 2.05) is 24.4 Å². The SMILES string of the molecule is CC(C)(O)c1c[nH]c2ccc(Cl)cc12. The zero-order valence-electron chi connectivity index (χ0n) is 8.13. The van der Waals surface area contributed by atoms with Crippen molar-refractivity contribution in [1.82, 2.24) is 4.98 Å². The van der Waals surface area contributed by atoms with Crippen LogP contribution in [0.3, 0.4) is 0 Å². The summed E-state index contributed by atoms with van der Waals surface area (Å²) >= 11 is 5.90. The van der Waals surface area contributed by atoms with Crippen LogP contribution >= 0.6 is 11.6 Å². The van der Waals surface area contributed by atoms with Crippen LogP contribution in [0.5, 0.6) is 0 Å². The zero-order valence-corrected chi connectivity index (χ0v) is 8.89. The van der Waals surface area contributed by atoms with Gasteiger partial charge in [-0.2, -0.15) is 0 Å². The zero-order chi connectivity index (χ0) is 10.3. The fourth-order valence-corrected chi connectivity index (χ4v) is 1.77. The quantitative estimate of drug-likeness (QED) is 0.744. The minimum atomic E-state index is -0.844. The van der Waals surface area contributed by atoms with Crippen LogP contribution < -0.4 is 0 Å². The van der Waals surface area contributed by atoms with Crippen LogP contribution in [0.25, 0.3) is 10.9 Å². The standard InChI is InChI=1S/C11H12ClNO/c1-11(2,14)9-6-13-10-4-3-7(12)5-8(9)10/h3-6,13-14H,1-2H3. The van der Waals surface area contributed by atoms with Gasteiger partial charge in [0, 0.05) is 27.7 Å². The van der Waals surface area contributed by atoms with Crippen molar-refractivity contribution >= 4 is 22.5 Å². The topological polar surface area (TPSA) is 36.0 Å². The first-order valence-corrected chi connectivity index (χ1v) is 4.86. The predicted molar refractivity (Wildman–Crippen MR) is 58.6 cm³/mol. The van der Waals surface area contributed by atoms with Gasteiger partial charge < -0.3 is 10.1 Å². The van der Waals surface area contributed by atoms with Crippen LogP contribution in [0.1, 0.15) is 19.4 Å². The highest BCUT2D eigenvalue weighted by atomic mass is 35.5. The maximum absolute atomic E-state index is 9.90. The van der Waals surface area contributed by atoms with Gasteiger partial charge >= 0.3 is 0 Å². The molecule has 1 aromatic heterocycles. The van der Waals surface area contributed by atoms with Crippen molar-refractivity contribution in [2.24, 2.45) is 0 Å². The first kappa shape index (κ1) is 9.56. The van der Waals surface area contributed by atoms with Crippen LogP contribution in [0, 0.1) is 0 Å². The van der Waals surface area contributed by atoms with Gasteiger partial charge in [-0.25, -0.2) is 0 Å². The molecule has 0 spiro atoms. The van der Waals surface area contributed by atoms with Crippen LogP contribution in [0.2, 0.25) is 5.02 Å². The van der Waals surface area contributed by atoms with E-state index in [1.165, 1.54) is 0 Å². The number of nitrogens with one attached hydrogen (secondary N) is 1. The molecule has 0 radical (unpaired) electrons. The lowest BCUT2D eigenvalue weighted by atomic mass is 9.98. The van der Waals surface area contributed by atoms with E-state index in [9.17, 15) is 5.11 Å². The minimum Gasteiger partial charge on any atom is -0.386 e. The Bertz CT molecular complexity index is 468. The Labute approximate surface area is 87.5 Å². The lowest BCUT2D eigenvalue weighted by Crippen LogP contribution is -2.14. The predicted octanol–water partition coefficient (Wildman–Crippen LogP) is 3.05. The van der Waals surface area contributed by atoms with E-state index >= 15 is 0 Å². The molecule has 2 nitrogen and oxygen atoms in total. The number of fused-ring (bicyclic) bond motifs is 1. The van der Waals surface area contributed by atoms with Crippen LogP contribution in [-0.2, 0) is 5.60 Å². The van der Waals surface area contributed by atoms with Gasteiger partial charge in [-0.3, -0.25) is 0 Å². The molecule has 2 rings (SSSR count). The molecule has 0 amide bonds. The largest absolute Gasteiger partial charge is 0.386 e. The molecule has 2 aromatic rings. The smallest absolute Gasteiger partial charge is 0.0861 e. The Morgan fingerprint density at radius 2 is 2.07 bits per heavy atom. The molecule has 0 aliphatic carbocycles. The molecular weight excluding hydrogens is 198 g/mol. The lowest BCUT2D eigenvalue weighted by Gasteiger charge is -2.16. The van der Waals surface area contributed by atoms with E-state index in [2.05, 4.69) is 4.98 Å². The maximum atomic E-state index is 9.90. The number of aromatic nitrogens is 1.